The van der Waals surface area contributed by atoms with Gasteiger partial charge in [0.1, 0.15) is 0 Å². The maximum atomic E-state index is 12.5. The third-order valence-electron chi connectivity index (χ3n) is 3.93. The van der Waals surface area contributed by atoms with Gasteiger partial charge in [-0.2, -0.15) is 0 Å². The Bertz CT molecular complexity index is 557. The van der Waals surface area contributed by atoms with Crippen molar-refractivity contribution >= 4 is 23.2 Å². The predicted molar refractivity (Wildman–Crippen MR) is 85.3 cm³/mol. The first kappa shape index (κ1) is 16.7. The summed E-state index contributed by atoms with van der Waals surface area (Å²) in [6.07, 6.45) is 1.89. The topological polar surface area (TPSA) is 75.5 Å². The number of nitrogens with zero attached hydrogens (tertiary/aromatic N) is 2. The second kappa shape index (κ2) is 7.56. The van der Waals surface area contributed by atoms with Crippen LogP contribution in [0.5, 0.6) is 0 Å². The molecular formula is C15H20ClN3O3. The number of nitro benzene ring substituents is 1. The fourth-order valence-corrected chi connectivity index (χ4v) is 2.90. The fraction of sp³-hybridized carbons (Fsp3) is 0.533. The summed E-state index contributed by atoms with van der Waals surface area (Å²) in [5.41, 5.74) is 0.127. The van der Waals surface area contributed by atoms with Gasteiger partial charge in [0.25, 0.3) is 11.6 Å². The summed E-state index contributed by atoms with van der Waals surface area (Å²) < 4.78 is 0. The highest BCUT2D eigenvalue weighted by Crippen LogP contribution is 2.24. The number of hydrogen-bond acceptors (Lipinski definition) is 4. The lowest BCUT2D eigenvalue weighted by Crippen LogP contribution is -2.40. The number of nitrogens with one attached hydrogen (secondary N) is 1. The smallest absolute Gasteiger partial charge is 0.271 e. The third-order valence-corrected chi connectivity index (χ3v) is 4.14. The lowest BCUT2D eigenvalue weighted by Gasteiger charge is -2.32. The molecule has 0 aliphatic carbocycles. The summed E-state index contributed by atoms with van der Waals surface area (Å²) in [6, 6.07) is 4.03. The minimum absolute atomic E-state index is 0.155. The lowest BCUT2D eigenvalue weighted by molar-refractivity contribution is -0.384. The molecule has 0 saturated carbocycles. The number of amides is 1. The van der Waals surface area contributed by atoms with Gasteiger partial charge in [0, 0.05) is 35.8 Å². The van der Waals surface area contributed by atoms with Crippen LogP contribution >= 0.6 is 11.6 Å². The van der Waals surface area contributed by atoms with Gasteiger partial charge in [0.2, 0.25) is 0 Å². The highest BCUT2D eigenvalue weighted by atomic mass is 35.5. The summed E-state index contributed by atoms with van der Waals surface area (Å²) >= 11 is 5.87. The van der Waals surface area contributed by atoms with E-state index in [9.17, 15) is 14.9 Å². The largest absolute Gasteiger partial charge is 0.339 e. The Morgan fingerprint density at radius 1 is 1.41 bits per heavy atom. The number of carbonyl (C=O) groups excluding carboxylic acids is 1. The Balaban J connectivity index is 2.02. The van der Waals surface area contributed by atoms with Crippen LogP contribution in [0, 0.1) is 16.0 Å². The number of halogens is 1. The molecule has 7 heteroatoms. The van der Waals surface area contributed by atoms with Crippen LogP contribution in [0.25, 0.3) is 0 Å². The molecule has 0 radical (unpaired) electrons. The maximum absolute atomic E-state index is 12.5. The molecule has 1 fully saturated rings. The number of likely N-dealkylation sites (tertiary alicyclic amines) is 1. The van der Waals surface area contributed by atoms with Crippen LogP contribution in [0.4, 0.5) is 5.69 Å². The van der Waals surface area contributed by atoms with Crippen molar-refractivity contribution in [1.29, 1.82) is 0 Å². The van der Waals surface area contributed by atoms with Crippen LogP contribution < -0.4 is 5.32 Å². The van der Waals surface area contributed by atoms with E-state index in [1.54, 1.807) is 4.90 Å². The van der Waals surface area contributed by atoms with Crippen molar-refractivity contribution in [3.8, 4) is 0 Å². The van der Waals surface area contributed by atoms with Gasteiger partial charge in [0.15, 0.2) is 0 Å². The zero-order valence-corrected chi connectivity index (χ0v) is 13.3. The minimum Gasteiger partial charge on any atom is -0.339 e. The molecule has 1 heterocycles. The second-order valence-electron chi connectivity index (χ2n) is 5.50. The van der Waals surface area contributed by atoms with Gasteiger partial charge < -0.3 is 10.2 Å². The fourth-order valence-electron chi connectivity index (χ4n) is 2.67. The van der Waals surface area contributed by atoms with Crippen molar-refractivity contribution < 1.29 is 9.72 Å². The van der Waals surface area contributed by atoms with E-state index in [4.69, 9.17) is 11.6 Å². The Labute approximate surface area is 134 Å². The predicted octanol–water partition coefficient (Wildman–Crippen LogP) is 2.71. The lowest BCUT2D eigenvalue weighted by atomic mass is 9.96. The van der Waals surface area contributed by atoms with Crippen molar-refractivity contribution in [2.45, 2.75) is 19.8 Å². The van der Waals surface area contributed by atoms with Crippen molar-refractivity contribution in [3.63, 3.8) is 0 Å². The van der Waals surface area contributed by atoms with E-state index in [1.807, 2.05) is 0 Å². The van der Waals surface area contributed by atoms with Crippen LogP contribution in [0.2, 0.25) is 5.02 Å². The highest BCUT2D eigenvalue weighted by molar-refractivity contribution is 6.31. The van der Waals surface area contributed by atoms with E-state index in [0.717, 1.165) is 25.9 Å². The van der Waals surface area contributed by atoms with Gasteiger partial charge in [-0.1, -0.05) is 18.5 Å². The Hall–Kier alpha value is -1.66. The molecule has 0 aromatic heterocycles. The maximum Gasteiger partial charge on any atom is 0.271 e. The van der Waals surface area contributed by atoms with Crippen LogP contribution in [0.3, 0.4) is 0 Å². The first-order valence-corrected chi connectivity index (χ1v) is 7.84. The van der Waals surface area contributed by atoms with Crippen molar-refractivity contribution in [3.05, 3.63) is 38.9 Å². The summed E-state index contributed by atoms with van der Waals surface area (Å²) in [7, 11) is 0. The molecule has 1 saturated heterocycles. The quantitative estimate of drug-likeness (QED) is 0.667. The van der Waals surface area contributed by atoms with E-state index in [0.29, 0.717) is 19.0 Å². The molecule has 2 rings (SSSR count). The highest BCUT2D eigenvalue weighted by Gasteiger charge is 2.24. The molecule has 0 bridgehead atoms. The third kappa shape index (κ3) is 4.18. The molecule has 0 spiro atoms. The molecule has 120 valence electrons. The second-order valence-corrected chi connectivity index (χ2v) is 5.93. The number of rotatable bonds is 5. The van der Waals surface area contributed by atoms with Gasteiger partial charge in [-0.15, -0.1) is 0 Å². The summed E-state index contributed by atoms with van der Waals surface area (Å²) in [5, 5.41) is 14.4. The van der Waals surface area contributed by atoms with Crippen LogP contribution in [-0.4, -0.2) is 41.9 Å². The number of hydrogen-bond donors (Lipinski definition) is 1. The van der Waals surface area contributed by atoms with E-state index < -0.39 is 4.92 Å². The number of non-ortho nitro benzene ring substituents is 1. The molecule has 1 amide bonds. The Kier molecular flexibility index (Phi) is 5.74. The van der Waals surface area contributed by atoms with Gasteiger partial charge >= 0.3 is 0 Å². The van der Waals surface area contributed by atoms with Crippen LogP contribution in [-0.2, 0) is 0 Å². The molecule has 1 aliphatic heterocycles. The number of carbonyl (C=O) groups is 1. The zero-order chi connectivity index (χ0) is 16.1. The first-order chi connectivity index (χ1) is 10.5. The van der Waals surface area contributed by atoms with Gasteiger partial charge in [-0.25, -0.2) is 0 Å². The minimum atomic E-state index is -0.536. The zero-order valence-electron chi connectivity index (χ0n) is 12.5. The van der Waals surface area contributed by atoms with Gasteiger partial charge in [-0.05, 0) is 37.9 Å². The summed E-state index contributed by atoms with van der Waals surface area (Å²) in [5.74, 6) is 0.394. The van der Waals surface area contributed by atoms with E-state index in [1.165, 1.54) is 18.2 Å². The number of nitro groups is 1. The summed E-state index contributed by atoms with van der Waals surface area (Å²) in [4.78, 5) is 24.6. The van der Waals surface area contributed by atoms with Crippen molar-refractivity contribution in [2.75, 3.05) is 26.2 Å². The average molecular weight is 326 g/mol. The molecule has 1 N–H and O–H groups in total. The van der Waals surface area contributed by atoms with Crippen molar-refractivity contribution in [1.82, 2.24) is 10.2 Å². The standard InChI is InChI=1S/C15H20ClN3O3/c1-2-17-10-11-3-5-18(6-4-11)15(20)12-7-13(16)9-14(8-12)19(21)22/h7-9,11,17H,2-6,10H2,1H3. The molecular weight excluding hydrogens is 306 g/mol. The normalized spacial score (nSPS) is 15.8. The molecule has 6 nitrogen and oxygen atoms in total. The van der Waals surface area contributed by atoms with Crippen LogP contribution in [0.1, 0.15) is 30.1 Å². The van der Waals surface area contributed by atoms with Gasteiger partial charge in [-0.3, -0.25) is 14.9 Å². The number of benzene rings is 1. The monoisotopic (exact) mass is 325 g/mol. The first-order valence-electron chi connectivity index (χ1n) is 7.46. The molecule has 1 aromatic rings. The SMILES string of the molecule is CCNCC1CCN(C(=O)c2cc(Cl)cc([N+](=O)[O-])c2)CC1. The van der Waals surface area contributed by atoms with Crippen molar-refractivity contribution in [2.24, 2.45) is 5.92 Å². The van der Waals surface area contributed by atoms with Gasteiger partial charge in [0.05, 0.1) is 4.92 Å². The average Bonchev–Trinajstić information content (AvgIpc) is 2.52. The molecule has 22 heavy (non-hydrogen) atoms. The summed E-state index contributed by atoms with van der Waals surface area (Å²) in [6.45, 7) is 5.35. The molecule has 1 aliphatic rings. The Morgan fingerprint density at radius 3 is 2.68 bits per heavy atom. The van der Waals surface area contributed by atoms with E-state index >= 15 is 0 Å². The molecule has 1 aromatic carbocycles. The number of piperidine rings is 1. The van der Waals surface area contributed by atoms with E-state index in [-0.39, 0.29) is 22.2 Å². The Morgan fingerprint density at radius 2 is 2.09 bits per heavy atom. The molecule has 0 atom stereocenters. The van der Waals surface area contributed by atoms with Crippen LogP contribution in [0.15, 0.2) is 18.2 Å². The molecule has 0 unspecified atom stereocenters. The van der Waals surface area contributed by atoms with E-state index in [2.05, 4.69) is 12.2 Å².